The molecule has 18 heavy (non-hydrogen) atoms. The average Bonchev–Trinajstić information content (AvgIpc) is 2.71. The summed E-state index contributed by atoms with van der Waals surface area (Å²) in [5.74, 6) is 1.62. The maximum absolute atomic E-state index is 6.06. The molecule has 0 unspecified atom stereocenters. The summed E-state index contributed by atoms with van der Waals surface area (Å²) >= 11 is 7.65. The van der Waals surface area contributed by atoms with Crippen molar-refractivity contribution in [3.05, 3.63) is 34.9 Å². The van der Waals surface area contributed by atoms with Gasteiger partial charge in [0.15, 0.2) is 5.16 Å². The molecular weight excluding hydrogens is 270 g/mol. The lowest BCUT2D eigenvalue weighted by atomic mass is 10.3. The van der Waals surface area contributed by atoms with Crippen LogP contribution >= 0.6 is 23.4 Å². The van der Waals surface area contributed by atoms with Crippen molar-refractivity contribution in [2.45, 2.75) is 24.4 Å². The summed E-state index contributed by atoms with van der Waals surface area (Å²) in [5, 5.41) is 9.74. The second-order valence-electron chi connectivity index (χ2n) is 3.73. The number of rotatable bonds is 5. The van der Waals surface area contributed by atoms with Gasteiger partial charge in [0.25, 0.3) is 0 Å². The van der Waals surface area contributed by atoms with Gasteiger partial charge in [-0.15, -0.1) is 10.2 Å². The summed E-state index contributed by atoms with van der Waals surface area (Å²) in [4.78, 5) is 3.96. The van der Waals surface area contributed by atoms with Crippen LogP contribution in [0, 0.1) is 6.92 Å². The molecule has 0 aromatic carbocycles. The molecule has 0 aliphatic carbocycles. The van der Waals surface area contributed by atoms with E-state index in [1.54, 1.807) is 24.2 Å². The van der Waals surface area contributed by atoms with Gasteiger partial charge in [0.05, 0.1) is 5.02 Å². The summed E-state index contributed by atoms with van der Waals surface area (Å²) in [6.07, 6.45) is 3.38. The molecule has 0 bridgehead atoms. The minimum Gasteiger partial charge on any atom is -0.329 e. The molecule has 7 heteroatoms. The van der Waals surface area contributed by atoms with Crippen LogP contribution in [-0.4, -0.2) is 26.3 Å². The summed E-state index contributed by atoms with van der Waals surface area (Å²) in [7, 11) is 0. The fourth-order valence-corrected chi connectivity index (χ4v) is 2.80. The van der Waals surface area contributed by atoms with Gasteiger partial charge in [0.1, 0.15) is 5.82 Å². The van der Waals surface area contributed by atoms with E-state index in [0.29, 0.717) is 11.6 Å². The van der Waals surface area contributed by atoms with E-state index in [-0.39, 0.29) is 0 Å². The Bertz CT molecular complexity index is 528. The van der Waals surface area contributed by atoms with Gasteiger partial charge < -0.3 is 10.3 Å². The Morgan fingerprint density at radius 1 is 1.44 bits per heavy atom. The first-order chi connectivity index (χ1) is 8.72. The minimum atomic E-state index is 0.572. The zero-order valence-corrected chi connectivity index (χ0v) is 11.6. The lowest BCUT2D eigenvalue weighted by Crippen LogP contribution is -2.12. The van der Waals surface area contributed by atoms with Crippen molar-refractivity contribution in [3.8, 4) is 0 Å². The molecule has 0 aliphatic rings. The van der Waals surface area contributed by atoms with Gasteiger partial charge in [-0.1, -0.05) is 23.4 Å². The zero-order valence-electron chi connectivity index (χ0n) is 10.0. The van der Waals surface area contributed by atoms with E-state index in [0.717, 1.165) is 28.8 Å². The third-order valence-electron chi connectivity index (χ3n) is 2.47. The standard InChI is InChI=1S/C11H14ClN5S/c1-8-15-16-11(17(8)5-3-13)18-7-9-2-4-14-6-10(9)12/h2,4,6H,3,5,7,13H2,1H3. The number of aromatic nitrogens is 4. The van der Waals surface area contributed by atoms with Gasteiger partial charge in [0, 0.05) is 31.2 Å². The topological polar surface area (TPSA) is 69.6 Å². The molecule has 5 nitrogen and oxygen atoms in total. The Hall–Kier alpha value is -1.11. The van der Waals surface area contributed by atoms with Crippen molar-refractivity contribution >= 4 is 23.4 Å². The van der Waals surface area contributed by atoms with E-state index < -0.39 is 0 Å². The lowest BCUT2D eigenvalue weighted by Gasteiger charge is -2.06. The Kier molecular flexibility index (Phi) is 4.57. The molecule has 0 fully saturated rings. The highest BCUT2D eigenvalue weighted by atomic mass is 35.5. The normalized spacial score (nSPS) is 10.8. The van der Waals surface area contributed by atoms with Crippen LogP contribution in [0.2, 0.25) is 5.02 Å². The van der Waals surface area contributed by atoms with Gasteiger partial charge in [0.2, 0.25) is 0 Å². The molecule has 0 spiro atoms. The smallest absolute Gasteiger partial charge is 0.191 e. The van der Waals surface area contributed by atoms with Crippen molar-refractivity contribution in [3.63, 3.8) is 0 Å². The molecule has 0 atom stereocenters. The Balaban J connectivity index is 2.09. The third-order valence-corrected chi connectivity index (χ3v) is 3.82. The first kappa shape index (κ1) is 13.3. The maximum atomic E-state index is 6.06. The number of nitrogens with zero attached hydrogens (tertiary/aromatic N) is 4. The molecule has 2 heterocycles. The molecule has 2 aromatic rings. The molecule has 96 valence electrons. The van der Waals surface area contributed by atoms with Crippen molar-refractivity contribution in [1.29, 1.82) is 0 Å². The predicted molar refractivity (Wildman–Crippen MR) is 72.6 cm³/mol. The fourth-order valence-electron chi connectivity index (χ4n) is 1.52. The number of halogens is 1. The lowest BCUT2D eigenvalue weighted by molar-refractivity contribution is 0.627. The van der Waals surface area contributed by atoms with Crippen molar-refractivity contribution in [2.75, 3.05) is 6.54 Å². The minimum absolute atomic E-state index is 0.572. The van der Waals surface area contributed by atoms with Gasteiger partial charge in [-0.25, -0.2) is 0 Å². The largest absolute Gasteiger partial charge is 0.329 e. The summed E-state index contributed by atoms with van der Waals surface area (Å²) in [6.45, 7) is 3.22. The van der Waals surface area contributed by atoms with Gasteiger partial charge in [-0.3, -0.25) is 4.98 Å². The number of hydrogen-bond acceptors (Lipinski definition) is 5. The second-order valence-corrected chi connectivity index (χ2v) is 5.08. The van der Waals surface area contributed by atoms with E-state index in [9.17, 15) is 0 Å². The van der Waals surface area contributed by atoms with Crippen molar-refractivity contribution < 1.29 is 0 Å². The number of thioether (sulfide) groups is 1. The predicted octanol–water partition coefficient (Wildman–Crippen LogP) is 1.89. The highest BCUT2D eigenvalue weighted by molar-refractivity contribution is 7.98. The number of pyridine rings is 1. The molecule has 0 saturated carbocycles. The van der Waals surface area contributed by atoms with Crippen LogP contribution in [0.1, 0.15) is 11.4 Å². The first-order valence-corrected chi connectivity index (χ1v) is 6.89. The fraction of sp³-hybridized carbons (Fsp3) is 0.364. The third kappa shape index (κ3) is 3.01. The van der Waals surface area contributed by atoms with E-state index in [1.165, 1.54) is 0 Å². The van der Waals surface area contributed by atoms with Crippen LogP contribution in [0.3, 0.4) is 0 Å². The second kappa shape index (κ2) is 6.17. The number of aryl methyl sites for hydroxylation is 1. The molecule has 0 aliphatic heterocycles. The Morgan fingerprint density at radius 2 is 2.28 bits per heavy atom. The van der Waals surface area contributed by atoms with Crippen LogP contribution in [0.15, 0.2) is 23.6 Å². The molecule has 2 aromatic heterocycles. The van der Waals surface area contributed by atoms with Crippen LogP contribution in [0.5, 0.6) is 0 Å². The highest BCUT2D eigenvalue weighted by Gasteiger charge is 2.09. The molecule has 0 saturated heterocycles. The van der Waals surface area contributed by atoms with E-state index >= 15 is 0 Å². The highest BCUT2D eigenvalue weighted by Crippen LogP contribution is 2.25. The maximum Gasteiger partial charge on any atom is 0.191 e. The van der Waals surface area contributed by atoms with Crippen LogP contribution in [0.25, 0.3) is 0 Å². The van der Waals surface area contributed by atoms with Gasteiger partial charge in [-0.05, 0) is 18.6 Å². The molecule has 0 radical (unpaired) electrons. The Morgan fingerprint density at radius 3 is 3.00 bits per heavy atom. The first-order valence-electron chi connectivity index (χ1n) is 5.53. The molecular formula is C11H14ClN5S. The number of nitrogens with two attached hydrogens (primary N) is 1. The van der Waals surface area contributed by atoms with Gasteiger partial charge in [-0.2, -0.15) is 0 Å². The van der Waals surface area contributed by atoms with Crippen LogP contribution in [-0.2, 0) is 12.3 Å². The number of hydrogen-bond donors (Lipinski definition) is 1. The SMILES string of the molecule is Cc1nnc(SCc2ccncc2Cl)n1CCN. The van der Waals surface area contributed by atoms with E-state index in [2.05, 4.69) is 15.2 Å². The van der Waals surface area contributed by atoms with E-state index in [1.807, 2.05) is 17.6 Å². The Labute approximate surface area is 115 Å². The summed E-state index contributed by atoms with van der Waals surface area (Å²) < 4.78 is 2.01. The van der Waals surface area contributed by atoms with Crippen LogP contribution in [0.4, 0.5) is 0 Å². The molecule has 2 rings (SSSR count). The summed E-state index contributed by atoms with van der Waals surface area (Å²) in [6, 6.07) is 1.91. The molecule has 0 amide bonds. The van der Waals surface area contributed by atoms with Gasteiger partial charge >= 0.3 is 0 Å². The van der Waals surface area contributed by atoms with Crippen molar-refractivity contribution in [1.82, 2.24) is 19.7 Å². The van der Waals surface area contributed by atoms with Crippen molar-refractivity contribution in [2.24, 2.45) is 5.73 Å². The van der Waals surface area contributed by atoms with E-state index in [4.69, 9.17) is 17.3 Å². The molecule has 2 N–H and O–H groups in total. The zero-order chi connectivity index (χ0) is 13.0. The quantitative estimate of drug-likeness (QED) is 0.849. The monoisotopic (exact) mass is 283 g/mol. The summed E-state index contributed by atoms with van der Waals surface area (Å²) in [5.41, 5.74) is 6.61. The van der Waals surface area contributed by atoms with Crippen LogP contribution < -0.4 is 5.73 Å². The average molecular weight is 284 g/mol.